The van der Waals surface area contributed by atoms with Crippen LogP contribution in [0.1, 0.15) is 16.8 Å². The standard InChI is InChI=1S/C14H17N3O3/c1-20-13-4-3-11(9-12(13)18)14(19)16-5-2-7-17-8-6-15-10-17/h3-4,6,8-10,18H,2,5,7H2,1H3,(H,16,19). The number of aryl methyl sites for hydroxylation is 1. The van der Waals surface area contributed by atoms with Gasteiger partial charge in [-0.15, -0.1) is 0 Å². The van der Waals surface area contributed by atoms with Crippen molar-refractivity contribution in [2.75, 3.05) is 13.7 Å². The summed E-state index contributed by atoms with van der Waals surface area (Å²) in [7, 11) is 1.46. The van der Waals surface area contributed by atoms with E-state index in [0.29, 0.717) is 17.9 Å². The number of carbonyl (C=O) groups is 1. The number of phenolic OH excluding ortho intramolecular Hbond substituents is 1. The van der Waals surface area contributed by atoms with Crippen LogP contribution in [0.4, 0.5) is 0 Å². The maximum absolute atomic E-state index is 11.9. The van der Waals surface area contributed by atoms with Gasteiger partial charge in [-0.3, -0.25) is 4.79 Å². The van der Waals surface area contributed by atoms with E-state index in [1.54, 1.807) is 24.7 Å². The van der Waals surface area contributed by atoms with E-state index in [0.717, 1.165) is 13.0 Å². The number of rotatable bonds is 6. The number of ether oxygens (including phenoxy) is 1. The zero-order valence-electron chi connectivity index (χ0n) is 11.2. The van der Waals surface area contributed by atoms with E-state index < -0.39 is 0 Å². The van der Waals surface area contributed by atoms with Crippen LogP contribution in [0.25, 0.3) is 0 Å². The summed E-state index contributed by atoms with van der Waals surface area (Å²) in [6.07, 6.45) is 6.15. The van der Waals surface area contributed by atoms with E-state index >= 15 is 0 Å². The zero-order chi connectivity index (χ0) is 14.4. The van der Waals surface area contributed by atoms with Gasteiger partial charge in [0.1, 0.15) is 0 Å². The molecule has 0 aliphatic heterocycles. The first-order chi connectivity index (χ1) is 9.70. The monoisotopic (exact) mass is 275 g/mol. The van der Waals surface area contributed by atoms with Crippen molar-refractivity contribution in [1.29, 1.82) is 0 Å². The second kappa shape index (κ2) is 6.60. The number of methoxy groups -OCH3 is 1. The molecule has 0 unspecified atom stereocenters. The highest BCUT2D eigenvalue weighted by atomic mass is 16.5. The minimum atomic E-state index is -0.214. The molecular formula is C14H17N3O3. The Hall–Kier alpha value is -2.50. The van der Waals surface area contributed by atoms with Crippen LogP contribution in [0.2, 0.25) is 0 Å². The SMILES string of the molecule is COc1ccc(C(=O)NCCCn2ccnc2)cc1O. The van der Waals surface area contributed by atoms with Gasteiger partial charge in [-0.05, 0) is 24.6 Å². The maximum atomic E-state index is 11.9. The molecule has 1 heterocycles. The molecule has 2 N–H and O–H groups in total. The molecule has 0 saturated carbocycles. The maximum Gasteiger partial charge on any atom is 0.251 e. The average Bonchev–Trinajstić information content (AvgIpc) is 2.96. The molecule has 6 heteroatoms. The van der Waals surface area contributed by atoms with Crippen LogP contribution in [0.5, 0.6) is 11.5 Å². The Balaban J connectivity index is 1.81. The first-order valence-corrected chi connectivity index (χ1v) is 6.31. The average molecular weight is 275 g/mol. The fourth-order valence-electron chi connectivity index (χ4n) is 1.82. The van der Waals surface area contributed by atoms with Crippen molar-refractivity contribution in [3.63, 3.8) is 0 Å². The summed E-state index contributed by atoms with van der Waals surface area (Å²) in [5.74, 6) is 0.0915. The number of imidazole rings is 1. The molecule has 20 heavy (non-hydrogen) atoms. The number of hydrogen-bond donors (Lipinski definition) is 2. The summed E-state index contributed by atoms with van der Waals surface area (Å²) in [6, 6.07) is 4.57. The number of nitrogens with zero attached hydrogens (tertiary/aromatic N) is 2. The molecule has 2 aromatic rings. The van der Waals surface area contributed by atoms with Gasteiger partial charge in [-0.2, -0.15) is 0 Å². The molecule has 0 aliphatic carbocycles. The van der Waals surface area contributed by atoms with Crippen molar-refractivity contribution in [3.8, 4) is 11.5 Å². The van der Waals surface area contributed by atoms with Gasteiger partial charge in [-0.1, -0.05) is 0 Å². The number of benzene rings is 1. The quantitative estimate of drug-likeness (QED) is 0.782. The first-order valence-electron chi connectivity index (χ1n) is 6.31. The Kier molecular flexibility index (Phi) is 4.60. The highest BCUT2D eigenvalue weighted by Gasteiger charge is 2.08. The molecule has 0 radical (unpaired) electrons. The van der Waals surface area contributed by atoms with Crippen LogP contribution >= 0.6 is 0 Å². The predicted octanol–water partition coefficient (Wildman–Crippen LogP) is 1.42. The number of phenols is 1. The van der Waals surface area contributed by atoms with Gasteiger partial charge in [0.2, 0.25) is 0 Å². The Labute approximate surface area is 117 Å². The Morgan fingerprint density at radius 2 is 2.35 bits per heavy atom. The molecular weight excluding hydrogens is 258 g/mol. The molecule has 106 valence electrons. The van der Waals surface area contributed by atoms with Gasteiger partial charge in [-0.25, -0.2) is 4.98 Å². The lowest BCUT2D eigenvalue weighted by Crippen LogP contribution is -2.25. The van der Waals surface area contributed by atoms with E-state index in [4.69, 9.17) is 4.74 Å². The van der Waals surface area contributed by atoms with Crippen LogP contribution in [0, 0.1) is 0 Å². The smallest absolute Gasteiger partial charge is 0.251 e. The third-order valence-electron chi connectivity index (χ3n) is 2.88. The summed E-state index contributed by atoms with van der Waals surface area (Å²) < 4.78 is 6.88. The zero-order valence-corrected chi connectivity index (χ0v) is 11.2. The largest absolute Gasteiger partial charge is 0.504 e. The van der Waals surface area contributed by atoms with Crippen LogP contribution in [-0.2, 0) is 6.54 Å². The van der Waals surface area contributed by atoms with Gasteiger partial charge < -0.3 is 19.7 Å². The number of aromatic nitrogens is 2. The number of aromatic hydroxyl groups is 1. The molecule has 1 aromatic heterocycles. The molecule has 0 bridgehead atoms. The van der Waals surface area contributed by atoms with Gasteiger partial charge >= 0.3 is 0 Å². The molecule has 1 aromatic carbocycles. The van der Waals surface area contributed by atoms with Crippen molar-refractivity contribution in [3.05, 3.63) is 42.5 Å². The molecule has 0 saturated heterocycles. The van der Waals surface area contributed by atoms with E-state index in [2.05, 4.69) is 10.3 Å². The van der Waals surface area contributed by atoms with Crippen LogP contribution in [-0.4, -0.2) is 34.2 Å². The molecule has 1 amide bonds. The highest BCUT2D eigenvalue weighted by molar-refractivity contribution is 5.94. The second-order valence-electron chi connectivity index (χ2n) is 4.30. The van der Waals surface area contributed by atoms with Gasteiger partial charge in [0.15, 0.2) is 11.5 Å². The Bertz CT molecular complexity index is 567. The summed E-state index contributed by atoms with van der Waals surface area (Å²) in [6.45, 7) is 1.36. The Morgan fingerprint density at radius 3 is 3.00 bits per heavy atom. The lowest BCUT2D eigenvalue weighted by Gasteiger charge is -2.08. The van der Waals surface area contributed by atoms with Crippen LogP contribution < -0.4 is 10.1 Å². The van der Waals surface area contributed by atoms with Crippen molar-refractivity contribution in [2.45, 2.75) is 13.0 Å². The van der Waals surface area contributed by atoms with Gasteiger partial charge in [0, 0.05) is 31.0 Å². The molecule has 2 rings (SSSR count). The first kappa shape index (κ1) is 13.9. The third-order valence-corrected chi connectivity index (χ3v) is 2.88. The Morgan fingerprint density at radius 1 is 1.50 bits per heavy atom. The van der Waals surface area contributed by atoms with Crippen molar-refractivity contribution < 1.29 is 14.6 Å². The van der Waals surface area contributed by atoms with Crippen molar-refractivity contribution in [2.24, 2.45) is 0 Å². The summed E-state index contributed by atoms with van der Waals surface area (Å²) >= 11 is 0. The van der Waals surface area contributed by atoms with E-state index in [1.165, 1.54) is 13.2 Å². The molecule has 0 aliphatic rings. The van der Waals surface area contributed by atoms with Crippen molar-refractivity contribution >= 4 is 5.91 Å². The van der Waals surface area contributed by atoms with Gasteiger partial charge in [0.25, 0.3) is 5.91 Å². The molecule has 0 fully saturated rings. The second-order valence-corrected chi connectivity index (χ2v) is 4.30. The van der Waals surface area contributed by atoms with Crippen LogP contribution in [0.15, 0.2) is 36.9 Å². The fraction of sp³-hybridized carbons (Fsp3) is 0.286. The summed E-state index contributed by atoms with van der Waals surface area (Å²) in [5.41, 5.74) is 0.408. The van der Waals surface area contributed by atoms with Crippen LogP contribution in [0.3, 0.4) is 0 Å². The summed E-state index contributed by atoms with van der Waals surface area (Å²) in [4.78, 5) is 15.8. The number of amides is 1. The number of carbonyl (C=O) groups excluding carboxylic acids is 1. The normalized spacial score (nSPS) is 10.2. The van der Waals surface area contributed by atoms with E-state index in [9.17, 15) is 9.90 Å². The lowest BCUT2D eigenvalue weighted by atomic mass is 10.2. The minimum absolute atomic E-state index is 0.0430. The fourth-order valence-corrected chi connectivity index (χ4v) is 1.82. The minimum Gasteiger partial charge on any atom is -0.504 e. The van der Waals surface area contributed by atoms with Crippen molar-refractivity contribution in [1.82, 2.24) is 14.9 Å². The summed E-state index contributed by atoms with van der Waals surface area (Å²) in [5, 5.41) is 12.4. The number of nitrogens with one attached hydrogen (secondary N) is 1. The topological polar surface area (TPSA) is 76.4 Å². The molecule has 0 atom stereocenters. The number of hydrogen-bond acceptors (Lipinski definition) is 4. The third kappa shape index (κ3) is 3.50. The highest BCUT2D eigenvalue weighted by Crippen LogP contribution is 2.25. The lowest BCUT2D eigenvalue weighted by molar-refractivity contribution is 0.0952. The van der Waals surface area contributed by atoms with Gasteiger partial charge in [0.05, 0.1) is 13.4 Å². The predicted molar refractivity (Wildman–Crippen MR) is 73.8 cm³/mol. The molecule has 6 nitrogen and oxygen atoms in total. The molecule has 0 spiro atoms. The van der Waals surface area contributed by atoms with E-state index in [1.807, 2.05) is 10.8 Å². The van der Waals surface area contributed by atoms with E-state index in [-0.39, 0.29) is 11.7 Å².